The predicted molar refractivity (Wildman–Crippen MR) is 71.4 cm³/mol. The first-order valence-electron chi connectivity index (χ1n) is 6.70. The molecule has 0 aromatic carbocycles. The molecule has 1 aliphatic carbocycles. The fraction of sp³-hybridized carbons (Fsp3) is 0.667. The van der Waals surface area contributed by atoms with Crippen molar-refractivity contribution >= 4 is 5.78 Å². The van der Waals surface area contributed by atoms with Crippen LogP contribution in [-0.4, -0.2) is 31.4 Å². The van der Waals surface area contributed by atoms with Crippen LogP contribution in [0.4, 0.5) is 0 Å². The van der Waals surface area contributed by atoms with E-state index in [4.69, 9.17) is 14.2 Å². The molecule has 1 fully saturated rings. The van der Waals surface area contributed by atoms with E-state index in [-0.39, 0.29) is 17.1 Å². The van der Waals surface area contributed by atoms with Crippen LogP contribution >= 0.6 is 0 Å². The third-order valence-corrected chi connectivity index (χ3v) is 3.47. The highest BCUT2D eigenvalue weighted by atomic mass is 16.7. The van der Waals surface area contributed by atoms with Gasteiger partial charge in [0.05, 0.1) is 31.5 Å². The summed E-state index contributed by atoms with van der Waals surface area (Å²) in [5, 5.41) is 0. The summed E-state index contributed by atoms with van der Waals surface area (Å²) in [4.78, 5) is 12.0. The maximum Gasteiger partial charge on any atom is 0.198 e. The van der Waals surface area contributed by atoms with Crippen molar-refractivity contribution in [1.29, 1.82) is 0 Å². The molecule has 0 saturated carbocycles. The molecule has 0 amide bonds. The first-order chi connectivity index (χ1) is 8.88. The second kappa shape index (κ2) is 5.10. The number of ketones is 1. The zero-order valence-corrected chi connectivity index (χ0v) is 11.9. The summed E-state index contributed by atoms with van der Waals surface area (Å²) in [7, 11) is 0. The molecule has 0 bridgehead atoms. The highest BCUT2D eigenvalue weighted by Crippen LogP contribution is 2.41. The number of allylic oxidation sites excluding steroid dienone is 2. The van der Waals surface area contributed by atoms with E-state index in [1.807, 2.05) is 6.92 Å². The second-order valence-corrected chi connectivity index (χ2v) is 5.93. The molecule has 1 atom stereocenters. The monoisotopic (exact) mass is 266 g/mol. The average molecular weight is 266 g/mol. The van der Waals surface area contributed by atoms with Crippen LogP contribution in [0.5, 0.6) is 0 Å². The van der Waals surface area contributed by atoms with E-state index < -0.39 is 5.79 Å². The fourth-order valence-corrected chi connectivity index (χ4v) is 2.36. The molecule has 0 radical (unpaired) electrons. The minimum atomic E-state index is -0.924. The molecule has 0 N–H and O–H groups in total. The van der Waals surface area contributed by atoms with Crippen molar-refractivity contribution in [2.75, 3.05) is 19.8 Å². The number of hydrogen-bond donors (Lipinski definition) is 0. The van der Waals surface area contributed by atoms with E-state index in [2.05, 4.69) is 20.4 Å². The lowest BCUT2D eigenvalue weighted by atomic mass is 9.90. The molecular formula is C15H22O4. The SMILES string of the molecule is C=C(C[C@H]1C(=O)C=CC12OCC(C)(C)CO2)OCC. The van der Waals surface area contributed by atoms with Crippen molar-refractivity contribution in [3.63, 3.8) is 0 Å². The van der Waals surface area contributed by atoms with Crippen LogP contribution in [0.1, 0.15) is 27.2 Å². The van der Waals surface area contributed by atoms with E-state index in [9.17, 15) is 4.79 Å². The van der Waals surface area contributed by atoms with Crippen molar-refractivity contribution in [3.05, 3.63) is 24.5 Å². The Morgan fingerprint density at radius 3 is 2.68 bits per heavy atom. The van der Waals surface area contributed by atoms with Crippen LogP contribution in [0.25, 0.3) is 0 Å². The Morgan fingerprint density at radius 2 is 2.11 bits per heavy atom. The van der Waals surface area contributed by atoms with Gasteiger partial charge in [-0.1, -0.05) is 20.4 Å². The predicted octanol–water partition coefficient (Wildman–Crippen LogP) is 2.45. The van der Waals surface area contributed by atoms with Crippen molar-refractivity contribution in [1.82, 2.24) is 0 Å². The third kappa shape index (κ3) is 2.90. The molecule has 1 heterocycles. The Kier molecular flexibility index (Phi) is 3.83. The number of ether oxygens (including phenoxy) is 3. The van der Waals surface area contributed by atoms with E-state index in [0.29, 0.717) is 32.0 Å². The van der Waals surface area contributed by atoms with Crippen LogP contribution in [0.3, 0.4) is 0 Å². The van der Waals surface area contributed by atoms with Crippen LogP contribution in [0, 0.1) is 11.3 Å². The van der Waals surface area contributed by atoms with Crippen molar-refractivity contribution in [2.24, 2.45) is 11.3 Å². The average Bonchev–Trinajstić information content (AvgIpc) is 2.63. The summed E-state index contributed by atoms with van der Waals surface area (Å²) in [6.07, 6.45) is 3.71. The molecule has 19 heavy (non-hydrogen) atoms. The first-order valence-corrected chi connectivity index (χ1v) is 6.70. The molecule has 4 heteroatoms. The molecular weight excluding hydrogens is 244 g/mol. The maximum atomic E-state index is 12.0. The maximum absolute atomic E-state index is 12.0. The zero-order valence-electron chi connectivity index (χ0n) is 11.9. The van der Waals surface area contributed by atoms with Crippen molar-refractivity contribution in [2.45, 2.75) is 33.0 Å². The Bertz CT molecular complexity index is 398. The Hall–Kier alpha value is -1.13. The number of hydrogen-bond acceptors (Lipinski definition) is 4. The normalized spacial score (nSPS) is 27.7. The largest absolute Gasteiger partial charge is 0.499 e. The Labute approximate surface area is 114 Å². The molecule has 0 unspecified atom stereocenters. The lowest BCUT2D eigenvalue weighted by Crippen LogP contribution is -2.50. The molecule has 106 valence electrons. The second-order valence-electron chi connectivity index (χ2n) is 5.93. The smallest absolute Gasteiger partial charge is 0.198 e. The molecule has 0 aromatic heterocycles. The summed E-state index contributed by atoms with van der Waals surface area (Å²) in [6, 6.07) is 0. The highest BCUT2D eigenvalue weighted by Gasteiger charge is 2.50. The van der Waals surface area contributed by atoms with Gasteiger partial charge < -0.3 is 14.2 Å². The minimum absolute atomic E-state index is 0.0144. The summed E-state index contributed by atoms with van der Waals surface area (Å²) in [6.45, 7) is 11.6. The third-order valence-electron chi connectivity index (χ3n) is 3.47. The number of carbonyl (C=O) groups excluding carboxylic acids is 1. The van der Waals surface area contributed by atoms with Crippen LogP contribution in [-0.2, 0) is 19.0 Å². The van der Waals surface area contributed by atoms with Gasteiger partial charge in [-0.05, 0) is 19.1 Å². The number of carbonyl (C=O) groups is 1. The van der Waals surface area contributed by atoms with Crippen LogP contribution < -0.4 is 0 Å². The highest BCUT2D eigenvalue weighted by molar-refractivity contribution is 5.95. The summed E-state index contributed by atoms with van der Waals surface area (Å²) in [5.41, 5.74) is -0.0216. The fourth-order valence-electron chi connectivity index (χ4n) is 2.36. The van der Waals surface area contributed by atoms with E-state index in [0.717, 1.165) is 0 Å². The van der Waals surface area contributed by atoms with Gasteiger partial charge in [0.1, 0.15) is 0 Å². The van der Waals surface area contributed by atoms with Gasteiger partial charge in [-0.25, -0.2) is 0 Å². The molecule has 4 nitrogen and oxygen atoms in total. The van der Waals surface area contributed by atoms with Gasteiger partial charge in [-0.2, -0.15) is 0 Å². The van der Waals surface area contributed by atoms with Gasteiger partial charge in [-0.3, -0.25) is 4.79 Å². The molecule has 2 rings (SSSR count). The molecule has 2 aliphatic rings. The summed E-state index contributed by atoms with van der Waals surface area (Å²) >= 11 is 0. The van der Waals surface area contributed by atoms with Crippen molar-refractivity contribution < 1.29 is 19.0 Å². The van der Waals surface area contributed by atoms with Gasteiger partial charge in [-0.15, -0.1) is 0 Å². The van der Waals surface area contributed by atoms with Gasteiger partial charge in [0, 0.05) is 11.8 Å². The first kappa shape index (κ1) is 14.3. The molecule has 1 aliphatic heterocycles. The van der Waals surface area contributed by atoms with Crippen LogP contribution in [0.15, 0.2) is 24.5 Å². The molecule has 1 saturated heterocycles. The van der Waals surface area contributed by atoms with Crippen LogP contribution in [0.2, 0.25) is 0 Å². The lowest BCUT2D eigenvalue weighted by Gasteiger charge is -2.43. The Balaban J connectivity index is 2.09. The Morgan fingerprint density at radius 1 is 1.47 bits per heavy atom. The van der Waals surface area contributed by atoms with Gasteiger partial charge >= 0.3 is 0 Å². The standard InChI is InChI=1S/C15H22O4/c1-5-17-11(2)8-12-13(16)6-7-15(12)18-9-14(3,4)10-19-15/h6-7,12H,2,5,8-10H2,1,3-4H3/t12-/m0/s1. The summed E-state index contributed by atoms with van der Waals surface area (Å²) in [5.74, 6) is -0.698. The van der Waals surface area contributed by atoms with E-state index in [1.54, 1.807) is 12.2 Å². The lowest BCUT2D eigenvalue weighted by molar-refractivity contribution is -0.287. The van der Waals surface area contributed by atoms with E-state index in [1.165, 1.54) is 0 Å². The molecule has 0 aromatic rings. The van der Waals surface area contributed by atoms with Gasteiger partial charge in [0.25, 0.3) is 0 Å². The molecule has 1 spiro atoms. The van der Waals surface area contributed by atoms with Gasteiger partial charge in [0.2, 0.25) is 0 Å². The zero-order chi connectivity index (χ0) is 14.1. The van der Waals surface area contributed by atoms with Gasteiger partial charge in [0.15, 0.2) is 11.6 Å². The quantitative estimate of drug-likeness (QED) is 0.733. The minimum Gasteiger partial charge on any atom is -0.499 e. The van der Waals surface area contributed by atoms with E-state index >= 15 is 0 Å². The van der Waals surface area contributed by atoms with Crippen molar-refractivity contribution in [3.8, 4) is 0 Å². The topological polar surface area (TPSA) is 44.8 Å². The summed E-state index contributed by atoms with van der Waals surface area (Å²) < 4.78 is 17.1. The number of rotatable bonds is 4.